The number of hydrogen-bond acceptors (Lipinski definition) is 4. The summed E-state index contributed by atoms with van der Waals surface area (Å²) in [5.74, 6) is 0.0384. The van der Waals surface area contributed by atoms with Gasteiger partial charge in [-0.15, -0.1) is 0 Å². The van der Waals surface area contributed by atoms with E-state index in [9.17, 15) is 18.0 Å². The van der Waals surface area contributed by atoms with E-state index in [1.165, 1.54) is 6.07 Å². The van der Waals surface area contributed by atoms with Gasteiger partial charge in [0, 0.05) is 25.6 Å². The van der Waals surface area contributed by atoms with Gasteiger partial charge >= 0.3 is 6.18 Å². The lowest BCUT2D eigenvalue weighted by Crippen LogP contribution is -2.32. The molecule has 0 saturated carbocycles. The fraction of sp³-hybridized carbons (Fsp3) is 0.538. The summed E-state index contributed by atoms with van der Waals surface area (Å²) in [5.41, 5.74) is 1.02. The van der Waals surface area contributed by atoms with Crippen LogP contribution in [0.3, 0.4) is 0 Å². The zero-order valence-corrected chi connectivity index (χ0v) is 10.7. The molecule has 7 heteroatoms. The predicted molar refractivity (Wildman–Crippen MR) is 68.1 cm³/mol. The first-order chi connectivity index (χ1) is 9.42. The molecule has 20 heavy (non-hydrogen) atoms. The number of carbonyl (C=O) groups excluding carboxylic acids is 1. The summed E-state index contributed by atoms with van der Waals surface area (Å²) in [6.45, 7) is 1.85. The molecular weight excluding hydrogens is 271 g/mol. The van der Waals surface area contributed by atoms with Crippen molar-refractivity contribution >= 4 is 17.3 Å². The number of aromatic nitrogens is 1. The van der Waals surface area contributed by atoms with Crippen LogP contribution in [-0.2, 0) is 0 Å². The second-order valence-corrected chi connectivity index (χ2v) is 5.18. The maximum atomic E-state index is 12.1. The van der Waals surface area contributed by atoms with Gasteiger partial charge in [-0.25, -0.2) is 4.98 Å². The second kappa shape index (κ2) is 4.64. The van der Waals surface area contributed by atoms with Crippen LogP contribution in [-0.4, -0.2) is 36.1 Å². The summed E-state index contributed by atoms with van der Waals surface area (Å²) in [7, 11) is 0. The average molecular weight is 285 g/mol. The van der Waals surface area contributed by atoms with Gasteiger partial charge in [0.25, 0.3) is 0 Å². The third kappa shape index (κ3) is 2.57. The Morgan fingerprint density at radius 1 is 1.45 bits per heavy atom. The van der Waals surface area contributed by atoms with Crippen LogP contribution in [0.1, 0.15) is 29.8 Å². The monoisotopic (exact) mass is 285 g/mol. The van der Waals surface area contributed by atoms with Crippen LogP contribution in [0.25, 0.3) is 0 Å². The highest BCUT2D eigenvalue weighted by Crippen LogP contribution is 2.34. The number of Topliss-reactive ketones (excluding diaryl/α,β-unsaturated/α-hetero) is 1. The number of halogens is 3. The molecule has 3 rings (SSSR count). The lowest BCUT2D eigenvalue weighted by atomic mass is 10.1. The molecule has 1 aromatic heterocycles. The van der Waals surface area contributed by atoms with E-state index < -0.39 is 24.8 Å². The summed E-state index contributed by atoms with van der Waals surface area (Å²) in [4.78, 5) is 18.1. The van der Waals surface area contributed by atoms with Crippen LogP contribution in [0, 0.1) is 0 Å². The zero-order chi connectivity index (χ0) is 14.3. The molecule has 2 bridgehead atoms. The van der Waals surface area contributed by atoms with Crippen molar-refractivity contribution in [3.05, 3.63) is 17.8 Å². The van der Waals surface area contributed by atoms with Crippen molar-refractivity contribution in [2.45, 2.75) is 31.5 Å². The average Bonchev–Trinajstić information content (AvgIpc) is 2.77. The Morgan fingerprint density at radius 3 is 3.00 bits per heavy atom. The lowest BCUT2D eigenvalue weighted by molar-refractivity contribution is -0.133. The fourth-order valence-electron chi connectivity index (χ4n) is 2.64. The molecule has 108 valence electrons. The normalized spacial score (nSPS) is 20.6. The van der Waals surface area contributed by atoms with Gasteiger partial charge in [0.2, 0.25) is 0 Å². The van der Waals surface area contributed by atoms with Gasteiger partial charge in [-0.05, 0) is 18.6 Å². The van der Waals surface area contributed by atoms with Crippen molar-refractivity contribution in [2.24, 2.45) is 0 Å². The van der Waals surface area contributed by atoms with Gasteiger partial charge < -0.3 is 10.2 Å². The van der Waals surface area contributed by atoms with E-state index >= 15 is 0 Å². The fourth-order valence-corrected chi connectivity index (χ4v) is 2.64. The molecule has 4 nitrogen and oxygen atoms in total. The highest BCUT2D eigenvalue weighted by atomic mass is 19.4. The Kier molecular flexibility index (Phi) is 3.07. The minimum atomic E-state index is -4.31. The van der Waals surface area contributed by atoms with Gasteiger partial charge in [0.1, 0.15) is 5.69 Å². The first kappa shape index (κ1) is 13.2. The molecule has 0 aromatic carbocycles. The molecule has 0 amide bonds. The van der Waals surface area contributed by atoms with Gasteiger partial charge in [-0.1, -0.05) is 0 Å². The first-order valence-electron chi connectivity index (χ1n) is 6.55. The number of ketones is 1. The number of alkyl halides is 3. The van der Waals surface area contributed by atoms with Gasteiger partial charge in [-0.3, -0.25) is 4.79 Å². The number of fused-ring (bicyclic) bond motifs is 4. The number of nitrogens with one attached hydrogen (secondary N) is 1. The molecule has 1 aromatic rings. The third-order valence-corrected chi connectivity index (χ3v) is 3.66. The van der Waals surface area contributed by atoms with Crippen LogP contribution in [0.2, 0.25) is 0 Å². The summed E-state index contributed by atoms with van der Waals surface area (Å²) in [6, 6.07) is 3.59. The van der Waals surface area contributed by atoms with E-state index in [1.54, 1.807) is 6.07 Å². The van der Waals surface area contributed by atoms with Crippen molar-refractivity contribution in [1.82, 2.24) is 4.98 Å². The lowest BCUT2D eigenvalue weighted by Gasteiger charge is -2.27. The minimum Gasteiger partial charge on any atom is -0.366 e. The van der Waals surface area contributed by atoms with E-state index in [0.29, 0.717) is 11.9 Å². The highest BCUT2D eigenvalue weighted by molar-refractivity contribution is 5.95. The second-order valence-electron chi connectivity index (χ2n) is 5.18. The van der Waals surface area contributed by atoms with Gasteiger partial charge in [-0.2, -0.15) is 13.2 Å². The van der Waals surface area contributed by atoms with Gasteiger partial charge in [0.05, 0.1) is 12.1 Å². The molecule has 0 aliphatic carbocycles. The Morgan fingerprint density at radius 2 is 2.25 bits per heavy atom. The molecule has 2 aliphatic heterocycles. The van der Waals surface area contributed by atoms with Crippen LogP contribution in [0.15, 0.2) is 12.1 Å². The Bertz CT molecular complexity index is 544. The molecule has 3 heterocycles. The minimum absolute atomic E-state index is 0.100. The van der Waals surface area contributed by atoms with Crippen molar-refractivity contribution < 1.29 is 18.0 Å². The van der Waals surface area contributed by atoms with E-state index in [2.05, 4.69) is 15.2 Å². The molecule has 1 fully saturated rings. The highest BCUT2D eigenvalue weighted by Gasteiger charge is 2.32. The Hall–Kier alpha value is -1.79. The molecule has 1 N–H and O–H groups in total. The molecular formula is C13H14F3N3O. The van der Waals surface area contributed by atoms with Crippen molar-refractivity contribution in [3.8, 4) is 0 Å². The van der Waals surface area contributed by atoms with Crippen molar-refractivity contribution in [1.29, 1.82) is 0 Å². The first-order valence-corrected chi connectivity index (χ1v) is 6.55. The molecule has 0 spiro atoms. The third-order valence-electron chi connectivity index (χ3n) is 3.66. The summed E-state index contributed by atoms with van der Waals surface area (Å²) in [5, 5.41) is 3.23. The van der Waals surface area contributed by atoms with E-state index in [4.69, 9.17) is 0 Å². The molecule has 1 atom stereocenters. The Balaban J connectivity index is 1.76. The number of nitrogens with zero attached hydrogens (tertiary/aromatic N) is 2. The number of hydrogen-bond donors (Lipinski definition) is 1. The van der Waals surface area contributed by atoms with Crippen LogP contribution >= 0.6 is 0 Å². The van der Waals surface area contributed by atoms with Gasteiger partial charge in [0.15, 0.2) is 11.6 Å². The quantitative estimate of drug-likeness (QED) is 0.867. The van der Waals surface area contributed by atoms with E-state index in [1.807, 2.05) is 0 Å². The van der Waals surface area contributed by atoms with E-state index in [-0.39, 0.29) is 5.69 Å². The predicted octanol–water partition coefficient (Wildman–Crippen LogP) is 2.61. The van der Waals surface area contributed by atoms with E-state index in [0.717, 1.165) is 25.2 Å². The molecule has 0 radical (unpaired) electrons. The number of rotatable bonds is 3. The van der Waals surface area contributed by atoms with Crippen LogP contribution < -0.4 is 10.2 Å². The topological polar surface area (TPSA) is 45.2 Å². The van der Waals surface area contributed by atoms with Crippen LogP contribution in [0.4, 0.5) is 24.7 Å². The van der Waals surface area contributed by atoms with Crippen molar-refractivity contribution in [3.63, 3.8) is 0 Å². The molecule has 2 aliphatic rings. The smallest absolute Gasteiger partial charge is 0.366 e. The summed E-state index contributed by atoms with van der Waals surface area (Å²) in [6.07, 6.45) is -4.96. The maximum Gasteiger partial charge on any atom is 0.389 e. The standard InChI is InChI=1S/C13H14F3N3O/c14-13(15,16)5-3-11(20)9-1-2-10-12(18-9)17-8-4-6-19(10)7-8/h1-2,8H,3-7H2,(H,17,18)/t8-/m0/s1. The number of pyridine rings is 1. The SMILES string of the molecule is O=C(CCC(F)(F)F)c1ccc2c(n1)N[C@H]1CCN2C1. The van der Waals surface area contributed by atoms with Crippen molar-refractivity contribution in [2.75, 3.05) is 23.3 Å². The molecule has 0 unspecified atom stereocenters. The maximum absolute atomic E-state index is 12.1. The molecule has 1 saturated heterocycles. The number of anilines is 2. The Labute approximate surface area is 114 Å². The van der Waals surface area contributed by atoms with Crippen LogP contribution in [0.5, 0.6) is 0 Å². The summed E-state index contributed by atoms with van der Waals surface area (Å²) >= 11 is 0. The summed E-state index contributed by atoms with van der Waals surface area (Å²) < 4.78 is 36.4. The zero-order valence-electron chi connectivity index (χ0n) is 10.7. The number of carbonyl (C=O) groups is 1. The largest absolute Gasteiger partial charge is 0.389 e.